The van der Waals surface area contributed by atoms with E-state index in [9.17, 15) is 4.39 Å². The predicted molar refractivity (Wildman–Crippen MR) is 84.2 cm³/mol. The largest absolute Gasteiger partial charge is 0.271 e. The van der Waals surface area contributed by atoms with E-state index in [-0.39, 0.29) is 5.02 Å². The van der Waals surface area contributed by atoms with Crippen LogP contribution in [-0.2, 0) is 0 Å². The number of hydrogen-bond acceptors (Lipinski definition) is 2. The van der Waals surface area contributed by atoms with Gasteiger partial charge in [-0.15, -0.1) is 0 Å². The normalized spacial score (nSPS) is 12.5. The van der Waals surface area contributed by atoms with Crippen LogP contribution in [0.15, 0.2) is 34.8 Å². The van der Waals surface area contributed by atoms with Crippen molar-refractivity contribution in [3.05, 3.63) is 67.9 Å². The predicted octanol–water partition coefficient (Wildman–Crippen LogP) is 4.41. The molecule has 0 bridgehead atoms. The zero-order chi connectivity index (χ0) is 14.9. The van der Waals surface area contributed by atoms with Gasteiger partial charge in [-0.25, -0.2) is 9.82 Å². The fraction of sp³-hybridized carbons (Fsp3) is 0.200. The molecule has 0 spiro atoms. The Hall–Kier alpha value is -0.940. The first-order chi connectivity index (χ1) is 9.47. The molecule has 5 heteroatoms. The molecule has 2 aromatic rings. The van der Waals surface area contributed by atoms with Gasteiger partial charge in [0.05, 0.1) is 11.1 Å². The zero-order valence-corrected chi connectivity index (χ0v) is 13.5. The zero-order valence-electron chi connectivity index (χ0n) is 11.2. The molecule has 1 atom stereocenters. The molecule has 0 aromatic heterocycles. The fourth-order valence-electron chi connectivity index (χ4n) is 2.38. The summed E-state index contributed by atoms with van der Waals surface area (Å²) in [5.74, 6) is 5.19. The fourth-order valence-corrected chi connectivity index (χ4v) is 2.85. The van der Waals surface area contributed by atoms with Gasteiger partial charge in [-0.1, -0.05) is 35.9 Å². The third kappa shape index (κ3) is 2.74. The Morgan fingerprint density at radius 3 is 2.35 bits per heavy atom. The van der Waals surface area contributed by atoms with Crippen LogP contribution in [0.4, 0.5) is 4.39 Å². The quantitative estimate of drug-likeness (QED) is 0.485. The molecule has 2 aromatic carbocycles. The minimum atomic E-state index is -0.466. The first-order valence-electron chi connectivity index (χ1n) is 6.13. The molecule has 2 nitrogen and oxygen atoms in total. The van der Waals surface area contributed by atoms with Crippen LogP contribution in [0, 0.1) is 19.7 Å². The summed E-state index contributed by atoms with van der Waals surface area (Å²) in [7, 11) is 0. The molecule has 0 fully saturated rings. The van der Waals surface area contributed by atoms with Crippen molar-refractivity contribution in [2.45, 2.75) is 19.9 Å². The maximum absolute atomic E-state index is 14.4. The van der Waals surface area contributed by atoms with E-state index in [4.69, 9.17) is 17.4 Å². The average molecular weight is 358 g/mol. The summed E-state index contributed by atoms with van der Waals surface area (Å²) < 4.78 is 14.9. The Kier molecular flexibility index (Phi) is 4.81. The third-order valence-corrected chi connectivity index (χ3v) is 4.63. The molecule has 3 N–H and O–H groups in total. The van der Waals surface area contributed by atoms with E-state index in [1.807, 2.05) is 32.0 Å². The van der Waals surface area contributed by atoms with E-state index in [2.05, 4.69) is 21.4 Å². The Morgan fingerprint density at radius 1 is 1.20 bits per heavy atom. The van der Waals surface area contributed by atoms with E-state index >= 15 is 0 Å². The number of nitrogens with two attached hydrogens (primary N) is 1. The SMILES string of the molecule is Cc1cccc(C)c1C(NN)c1ccc(Br)c(Cl)c1F. The number of rotatable bonds is 3. The van der Waals surface area contributed by atoms with Gasteiger partial charge in [0.15, 0.2) is 0 Å². The number of nitrogens with one attached hydrogen (secondary N) is 1. The van der Waals surface area contributed by atoms with Crippen molar-refractivity contribution in [2.75, 3.05) is 0 Å². The van der Waals surface area contributed by atoms with E-state index in [1.54, 1.807) is 12.1 Å². The Labute approximate surface area is 131 Å². The number of hydrogen-bond donors (Lipinski definition) is 2. The molecule has 20 heavy (non-hydrogen) atoms. The molecular weight excluding hydrogens is 343 g/mol. The maximum atomic E-state index is 14.4. The van der Waals surface area contributed by atoms with Crippen LogP contribution in [0.1, 0.15) is 28.3 Å². The summed E-state index contributed by atoms with van der Waals surface area (Å²) in [5.41, 5.74) is 6.18. The van der Waals surface area contributed by atoms with E-state index in [1.165, 1.54) is 0 Å². The summed E-state index contributed by atoms with van der Waals surface area (Å²) in [5, 5.41) is 0.0639. The number of aryl methyl sites for hydroxylation is 2. The van der Waals surface area contributed by atoms with Crippen LogP contribution in [0.2, 0.25) is 5.02 Å². The highest BCUT2D eigenvalue weighted by molar-refractivity contribution is 9.10. The number of halogens is 3. The van der Waals surface area contributed by atoms with Crippen LogP contribution >= 0.6 is 27.5 Å². The highest BCUT2D eigenvalue weighted by Crippen LogP contribution is 2.34. The molecule has 0 aliphatic rings. The lowest BCUT2D eigenvalue weighted by Crippen LogP contribution is -2.30. The van der Waals surface area contributed by atoms with Crippen LogP contribution in [0.5, 0.6) is 0 Å². The molecule has 2 rings (SSSR count). The van der Waals surface area contributed by atoms with Crippen LogP contribution < -0.4 is 11.3 Å². The smallest absolute Gasteiger partial charge is 0.148 e. The molecule has 1 unspecified atom stereocenters. The summed E-state index contributed by atoms with van der Waals surface area (Å²) >= 11 is 9.17. The van der Waals surface area contributed by atoms with Gasteiger partial charge in [-0.05, 0) is 52.5 Å². The van der Waals surface area contributed by atoms with Gasteiger partial charge in [0.1, 0.15) is 5.82 Å². The monoisotopic (exact) mass is 356 g/mol. The standard InChI is InChI=1S/C15H15BrClFN2/c1-8-4-3-5-9(2)12(8)15(20-19)10-6-7-11(16)13(17)14(10)18/h3-7,15,20H,19H2,1-2H3. The van der Waals surface area contributed by atoms with E-state index < -0.39 is 11.9 Å². The Bertz CT molecular complexity index is 626. The Balaban J connectivity index is 2.62. The highest BCUT2D eigenvalue weighted by Gasteiger charge is 2.22. The van der Waals surface area contributed by atoms with Crippen molar-refractivity contribution in [3.63, 3.8) is 0 Å². The highest BCUT2D eigenvalue weighted by atomic mass is 79.9. The van der Waals surface area contributed by atoms with Crippen LogP contribution in [-0.4, -0.2) is 0 Å². The summed E-state index contributed by atoms with van der Waals surface area (Å²) in [4.78, 5) is 0. The molecule has 0 radical (unpaired) electrons. The first kappa shape index (κ1) is 15.4. The van der Waals surface area contributed by atoms with Gasteiger partial charge in [0.25, 0.3) is 0 Å². The van der Waals surface area contributed by atoms with Crippen molar-refractivity contribution in [1.29, 1.82) is 0 Å². The van der Waals surface area contributed by atoms with Gasteiger partial charge in [-0.3, -0.25) is 5.84 Å². The molecule has 106 valence electrons. The summed E-state index contributed by atoms with van der Waals surface area (Å²) in [6.07, 6.45) is 0. The minimum absolute atomic E-state index is 0.0639. The molecule has 0 aliphatic carbocycles. The molecular formula is C15H15BrClFN2. The van der Waals surface area contributed by atoms with Crippen molar-refractivity contribution in [3.8, 4) is 0 Å². The van der Waals surface area contributed by atoms with Gasteiger partial charge < -0.3 is 0 Å². The topological polar surface area (TPSA) is 38.0 Å². The lowest BCUT2D eigenvalue weighted by Gasteiger charge is -2.22. The van der Waals surface area contributed by atoms with Gasteiger partial charge in [-0.2, -0.15) is 0 Å². The molecule has 0 saturated heterocycles. The lowest BCUT2D eigenvalue weighted by atomic mass is 9.91. The van der Waals surface area contributed by atoms with Crippen molar-refractivity contribution < 1.29 is 4.39 Å². The first-order valence-corrected chi connectivity index (χ1v) is 7.30. The van der Waals surface area contributed by atoms with E-state index in [0.29, 0.717) is 10.0 Å². The average Bonchev–Trinajstić information content (AvgIpc) is 2.42. The van der Waals surface area contributed by atoms with Crippen molar-refractivity contribution >= 4 is 27.5 Å². The third-order valence-electron chi connectivity index (χ3n) is 3.37. The van der Waals surface area contributed by atoms with Crippen LogP contribution in [0.25, 0.3) is 0 Å². The van der Waals surface area contributed by atoms with Crippen LogP contribution in [0.3, 0.4) is 0 Å². The van der Waals surface area contributed by atoms with Gasteiger partial charge >= 0.3 is 0 Å². The number of hydrazine groups is 1. The van der Waals surface area contributed by atoms with Gasteiger partial charge in [0.2, 0.25) is 0 Å². The van der Waals surface area contributed by atoms with Crippen molar-refractivity contribution in [2.24, 2.45) is 5.84 Å². The summed E-state index contributed by atoms with van der Waals surface area (Å²) in [6.45, 7) is 3.95. The summed E-state index contributed by atoms with van der Waals surface area (Å²) in [6, 6.07) is 8.88. The second kappa shape index (κ2) is 6.22. The number of benzene rings is 2. The molecule has 0 amide bonds. The lowest BCUT2D eigenvalue weighted by molar-refractivity contribution is 0.557. The maximum Gasteiger partial charge on any atom is 0.148 e. The minimum Gasteiger partial charge on any atom is -0.271 e. The van der Waals surface area contributed by atoms with Crippen molar-refractivity contribution in [1.82, 2.24) is 5.43 Å². The molecule has 0 aliphatic heterocycles. The second-order valence-electron chi connectivity index (χ2n) is 4.67. The second-order valence-corrected chi connectivity index (χ2v) is 5.90. The van der Waals surface area contributed by atoms with Gasteiger partial charge in [0, 0.05) is 10.0 Å². The molecule has 0 heterocycles. The van der Waals surface area contributed by atoms with E-state index in [0.717, 1.165) is 16.7 Å². The Morgan fingerprint density at radius 2 is 1.80 bits per heavy atom. The molecule has 0 saturated carbocycles.